The van der Waals surface area contributed by atoms with Gasteiger partial charge < -0.3 is 10.2 Å². The number of nitrogens with one attached hydrogen (secondary N) is 1. The Morgan fingerprint density at radius 3 is 2.76 bits per heavy atom. The number of anilines is 1. The van der Waals surface area contributed by atoms with Gasteiger partial charge in [-0.1, -0.05) is 12.1 Å². The lowest BCUT2D eigenvalue weighted by atomic mass is 10.0. The lowest BCUT2D eigenvalue weighted by Crippen LogP contribution is -2.43. The summed E-state index contributed by atoms with van der Waals surface area (Å²) in [6.07, 6.45) is 4.29. The van der Waals surface area contributed by atoms with Crippen LogP contribution in [0.15, 0.2) is 42.6 Å². The van der Waals surface area contributed by atoms with Gasteiger partial charge in [-0.15, -0.1) is 5.10 Å². The SMILES string of the molecule is O=C([C@H]1C[C@@H]1c1cccc(F)c1)N1CCC(Nc2cccnn2)CC1. The molecule has 25 heavy (non-hydrogen) atoms. The van der Waals surface area contributed by atoms with E-state index in [1.165, 1.54) is 6.07 Å². The van der Waals surface area contributed by atoms with Gasteiger partial charge in [-0.3, -0.25) is 4.79 Å². The third-order valence-corrected chi connectivity index (χ3v) is 5.12. The molecule has 5 nitrogen and oxygen atoms in total. The zero-order chi connectivity index (χ0) is 17.2. The zero-order valence-corrected chi connectivity index (χ0v) is 13.9. The standard InChI is InChI=1S/C19H21FN4O/c20-14-4-1-3-13(11-14)16-12-17(16)19(25)24-9-6-15(7-10-24)22-18-5-2-8-21-23-18/h1-5,8,11,15-17H,6-7,9-10,12H2,(H,22,23)/t16-,17+/m1/s1. The van der Waals surface area contributed by atoms with E-state index in [9.17, 15) is 9.18 Å². The smallest absolute Gasteiger partial charge is 0.226 e. The fourth-order valence-electron chi connectivity index (χ4n) is 3.64. The molecule has 0 bridgehead atoms. The van der Waals surface area contributed by atoms with Crippen molar-refractivity contribution in [2.24, 2.45) is 5.92 Å². The summed E-state index contributed by atoms with van der Waals surface area (Å²) in [5, 5.41) is 11.3. The molecule has 6 heteroatoms. The Labute approximate surface area is 146 Å². The highest BCUT2D eigenvalue weighted by Gasteiger charge is 2.46. The molecule has 1 aliphatic carbocycles. The second-order valence-corrected chi connectivity index (χ2v) is 6.86. The van der Waals surface area contributed by atoms with Gasteiger partial charge in [-0.25, -0.2) is 4.39 Å². The van der Waals surface area contributed by atoms with Gasteiger partial charge in [-0.2, -0.15) is 5.10 Å². The van der Waals surface area contributed by atoms with Crippen LogP contribution in [-0.4, -0.2) is 40.1 Å². The van der Waals surface area contributed by atoms with Gasteiger partial charge in [0.25, 0.3) is 0 Å². The monoisotopic (exact) mass is 340 g/mol. The van der Waals surface area contributed by atoms with Gasteiger partial charge in [0.2, 0.25) is 5.91 Å². The number of nitrogens with zero attached hydrogens (tertiary/aromatic N) is 3. The van der Waals surface area contributed by atoms with Crippen LogP contribution in [0.4, 0.5) is 10.2 Å². The summed E-state index contributed by atoms with van der Waals surface area (Å²) in [6.45, 7) is 1.51. The molecule has 2 heterocycles. The molecule has 2 aliphatic rings. The number of hydrogen-bond donors (Lipinski definition) is 1. The summed E-state index contributed by atoms with van der Waals surface area (Å²) in [7, 11) is 0. The molecule has 1 aromatic carbocycles. The quantitative estimate of drug-likeness (QED) is 0.930. The first kappa shape index (κ1) is 16.0. The van der Waals surface area contributed by atoms with Crippen LogP contribution in [0, 0.1) is 11.7 Å². The van der Waals surface area contributed by atoms with Crippen molar-refractivity contribution in [2.45, 2.75) is 31.2 Å². The summed E-state index contributed by atoms with van der Waals surface area (Å²) >= 11 is 0. The Morgan fingerprint density at radius 1 is 1.20 bits per heavy atom. The lowest BCUT2D eigenvalue weighted by Gasteiger charge is -2.32. The zero-order valence-electron chi connectivity index (χ0n) is 13.9. The van der Waals surface area contributed by atoms with Crippen molar-refractivity contribution in [1.82, 2.24) is 15.1 Å². The van der Waals surface area contributed by atoms with E-state index in [4.69, 9.17) is 0 Å². The number of rotatable bonds is 4. The summed E-state index contributed by atoms with van der Waals surface area (Å²) in [6, 6.07) is 10.7. The molecule has 2 aromatic rings. The summed E-state index contributed by atoms with van der Waals surface area (Å²) in [4.78, 5) is 14.6. The largest absolute Gasteiger partial charge is 0.366 e. The average molecular weight is 340 g/mol. The van der Waals surface area contributed by atoms with Gasteiger partial charge in [0, 0.05) is 31.2 Å². The van der Waals surface area contributed by atoms with E-state index >= 15 is 0 Å². The van der Waals surface area contributed by atoms with Crippen molar-refractivity contribution in [2.75, 3.05) is 18.4 Å². The van der Waals surface area contributed by atoms with Gasteiger partial charge in [0.05, 0.1) is 0 Å². The van der Waals surface area contributed by atoms with Crippen molar-refractivity contribution in [3.8, 4) is 0 Å². The number of halogens is 1. The highest BCUT2D eigenvalue weighted by Crippen LogP contribution is 2.48. The molecule has 1 N–H and O–H groups in total. The van der Waals surface area contributed by atoms with E-state index in [1.807, 2.05) is 23.1 Å². The topological polar surface area (TPSA) is 58.1 Å². The van der Waals surface area contributed by atoms with E-state index in [2.05, 4.69) is 15.5 Å². The van der Waals surface area contributed by atoms with Gasteiger partial charge in [0.15, 0.2) is 0 Å². The number of likely N-dealkylation sites (tertiary alicyclic amines) is 1. The minimum absolute atomic E-state index is 0.0197. The number of carbonyl (C=O) groups is 1. The first-order valence-electron chi connectivity index (χ1n) is 8.79. The predicted molar refractivity (Wildman–Crippen MR) is 92.5 cm³/mol. The Balaban J connectivity index is 1.29. The van der Waals surface area contributed by atoms with Crippen molar-refractivity contribution in [3.05, 3.63) is 54.0 Å². The molecule has 2 fully saturated rings. The Bertz CT molecular complexity index is 746. The molecule has 0 radical (unpaired) electrons. The number of carbonyl (C=O) groups excluding carboxylic acids is 1. The Morgan fingerprint density at radius 2 is 2.04 bits per heavy atom. The second-order valence-electron chi connectivity index (χ2n) is 6.86. The number of amides is 1. The van der Waals surface area contributed by atoms with Crippen LogP contribution in [0.25, 0.3) is 0 Å². The molecule has 1 amide bonds. The van der Waals surface area contributed by atoms with Crippen molar-refractivity contribution < 1.29 is 9.18 Å². The molecule has 0 unspecified atom stereocenters. The predicted octanol–water partition coefficient (Wildman–Crippen LogP) is 2.82. The molecule has 1 saturated heterocycles. The number of piperidine rings is 1. The third kappa shape index (κ3) is 3.62. The van der Waals surface area contributed by atoms with Crippen LogP contribution < -0.4 is 5.32 Å². The minimum Gasteiger partial charge on any atom is -0.366 e. The maximum Gasteiger partial charge on any atom is 0.226 e. The maximum atomic E-state index is 13.3. The fraction of sp³-hybridized carbons (Fsp3) is 0.421. The highest BCUT2D eigenvalue weighted by molar-refractivity contribution is 5.83. The van der Waals surface area contributed by atoms with E-state index in [0.717, 1.165) is 43.7 Å². The highest BCUT2D eigenvalue weighted by atomic mass is 19.1. The molecule has 130 valence electrons. The molecular formula is C19H21FN4O. The van der Waals surface area contributed by atoms with Crippen LogP contribution >= 0.6 is 0 Å². The Hall–Kier alpha value is -2.50. The van der Waals surface area contributed by atoms with E-state index in [-0.39, 0.29) is 23.6 Å². The van der Waals surface area contributed by atoms with E-state index in [1.54, 1.807) is 18.3 Å². The van der Waals surface area contributed by atoms with Crippen LogP contribution in [0.1, 0.15) is 30.7 Å². The minimum atomic E-state index is -0.230. The van der Waals surface area contributed by atoms with Crippen LogP contribution in [0.3, 0.4) is 0 Å². The lowest BCUT2D eigenvalue weighted by molar-refractivity contribution is -0.133. The Kier molecular flexibility index (Phi) is 4.34. The van der Waals surface area contributed by atoms with Gasteiger partial charge >= 0.3 is 0 Å². The molecule has 1 aromatic heterocycles. The summed E-state index contributed by atoms with van der Waals surface area (Å²) in [5.74, 6) is 0.962. The third-order valence-electron chi connectivity index (χ3n) is 5.12. The second kappa shape index (κ2) is 6.78. The number of benzene rings is 1. The van der Waals surface area contributed by atoms with Crippen LogP contribution in [0.5, 0.6) is 0 Å². The molecule has 0 spiro atoms. The molecular weight excluding hydrogens is 319 g/mol. The average Bonchev–Trinajstić information content (AvgIpc) is 3.43. The van der Waals surface area contributed by atoms with Gasteiger partial charge in [0.1, 0.15) is 11.6 Å². The maximum absolute atomic E-state index is 13.3. The molecule has 1 saturated carbocycles. The van der Waals surface area contributed by atoms with Crippen LogP contribution in [-0.2, 0) is 4.79 Å². The van der Waals surface area contributed by atoms with Crippen LogP contribution in [0.2, 0.25) is 0 Å². The first-order valence-corrected chi connectivity index (χ1v) is 8.79. The van der Waals surface area contributed by atoms with E-state index < -0.39 is 0 Å². The van der Waals surface area contributed by atoms with Crippen molar-refractivity contribution in [1.29, 1.82) is 0 Å². The van der Waals surface area contributed by atoms with Crippen molar-refractivity contribution in [3.63, 3.8) is 0 Å². The summed E-state index contributed by atoms with van der Waals surface area (Å²) in [5.41, 5.74) is 0.942. The van der Waals surface area contributed by atoms with E-state index in [0.29, 0.717) is 6.04 Å². The van der Waals surface area contributed by atoms with Crippen molar-refractivity contribution >= 4 is 11.7 Å². The number of hydrogen-bond acceptors (Lipinski definition) is 4. The van der Waals surface area contributed by atoms with Gasteiger partial charge in [-0.05, 0) is 55.0 Å². The summed E-state index contributed by atoms with van der Waals surface area (Å²) < 4.78 is 13.3. The molecule has 1 aliphatic heterocycles. The molecule has 4 rings (SSSR count). The normalized spacial score (nSPS) is 23.3. The molecule has 2 atom stereocenters. The fourth-order valence-corrected chi connectivity index (χ4v) is 3.64. The number of aromatic nitrogens is 2. The first-order chi connectivity index (χ1) is 12.2.